The van der Waals surface area contributed by atoms with Gasteiger partial charge in [-0.2, -0.15) is 5.10 Å². The van der Waals surface area contributed by atoms with E-state index in [1.165, 1.54) is 19.1 Å². The summed E-state index contributed by atoms with van der Waals surface area (Å²) in [6, 6.07) is 12.8. The van der Waals surface area contributed by atoms with Crippen LogP contribution in [-0.4, -0.2) is 21.2 Å². The Morgan fingerprint density at radius 2 is 2.00 bits per heavy atom. The number of nitrogens with zero attached hydrogens (tertiary/aromatic N) is 3. The second-order valence-electron chi connectivity index (χ2n) is 6.33. The summed E-state index contributed by atoms with van der Waals surface area (Å²) in [6.45, 7) is 0. The fourth-order valence-electron chi connectivity index (χ4n) is 2.77. The monoisotopic (exact) mass is 349 g/mol. The molecule has 26 heavy (non-hydrogen) atoms. The minimum absolute atomic E-state index is 0.377. The third kappa shape index (κ3) is 4.05. The number of oxazole rings is 1. The molecule has 1 saturated carbocycles. The molecule has 7 nitrogen and oxygen atoms in total. The second-order valence-corrected chi connectivity index (χ2v) is 6.33. The first kappa shape index (κ1) is 16.3. The molecule has 7 heteroatoms. The van der Waals surface area contributed by atoms with Crippen molar-refractivity contribution in [2.45, 2.75) is 31.2 Å². The predicted molar refractivity (Wildman–Crippen MR) is 95.6 cm³/mol. The van der Waals surface area contributed by atoms with Crippen LogP contribution in [0, 0.1) is 0 Å². The third-order valence-electron chi connectivity index (χ3n) is 4.26. The highest BCUT2D eigenvalue weighted by molar-refractivity contribution is 5.88. The number of carbonyl (C=O) groups excluding carboxylic acids is 1. The summed E-state index contributed by atoms with van der Waals surface area (Å²) in [5.41, 5.74) is 2.06. The number of anilines is 1. The Hall–Kier alpha value is -3.22. The van der Waals surface area contributed by atoms with Gasteiger partial charge < -0.3 is 9.73 Å². The molecule has 0 spiro atoms. The van der Waals surface area contributed by atoms with Crippen molar-refractivity contribution < 1.29 is 9.21 Å². The Balaban J connectivity index is 1.42. The van der Waals surface area contributed by atoms with E-state index in [0.29, 0.717) is 24.0 Å². The molecule has 0 saturated heterocycles. The molecule has 2 N–H and O–H groups in total. The van der Waals surface area contributed by atoms with Crippen LogP contribution in [0.5, 0.6) is 0 Å². The summed E-state index contributed by atoms with van der Waals surface area (Å²) in [7, 11) is 0. The molecular formula is C19H19N5O2. The van der Waals surface area contributed by atoms with E-state index < -0.39 is 0 Å². The molecule has 4 rings (SSSR count). The van der Waals surface area contributed by atoms with Crippen molar-refractivity contribution in [3.63, 3.8) is 0 Å². The van der Waals surface area contributed by atoms with E-state index >= 15 is 0 Å². The fourth-order valence-corrected chi connectivity index (χ4v) is 2.77. The largest absolute Gasteiger partial charge is 0.447 e. The standard InChI is InChI=1S/C19H19N5O2/c25-19(22-17-9-8-15(23-24-17)14-6-7-14)21-16(18-20-10-11-26-18)12-13-4-2-1-3-5-13/h1-5,8-11,14,16H,6-7,12H2,(H2,21,22,24,25). The van der Waals surface area contributed by atoms with Gasteiger partial charge in [-0.25, -0.2) is 9.78 Å². The number of amides is 2. The van der Waals surface area contributed by atoms with Gasteiger partial charge in [0.1, 0.15) is 12.3 Å². The van der Waals surface area contributed by atoms with Crippen LogP contribution < -0.4 is 10.6 Å². The van der Waals surface area contributed by atoms with Gasteiger partial charge in [0.15, 0.2) is 5.82 Å². The molecule has 1 aliphatic carbocycles. The number of nitrogens with one attached hydrogen (secondary N) is 2. The summed E-state index contributed by atoms with van der Waals surface area (Å²) < 4.78 is 5.39. The maximum Gasteiger partial charge on any atom is 0.321 e. The van der Waals surface area contributed by atoms with Crippen LogP contribution in [0.3, 0.4) is 0 Å². The zero-order valence-electron chi connectivity index (χ0n) is 14.1. The number of hydrogen-bond acceptors (Lipinski definition) is 5. The van der Waals surface area contributed by atoms with Crippen molar-refractivity contribution in [3.05, 3.63) is 72.1 Å². The van der Waals surface area contributed by atoms with E-state index in [1.54, 1.807) is 12.3 Å². The average Bonchev–Trinajstić information content (AvgIpc) is 3.36. The van der Waals surface area contributed by atoms with Crippen LogP contribution in [0.1, 0.15) is 41.9 Å². The van der Waals surface area contributed by atoms with Gasteiger partial charge in [0.2, 0.25) is 5.89 Å². The van der Waals surface area contributed by atoms with E-state index in [-0.39, 0.29) is 12.1 Å². The van der Waals surface area contributed by atoms with E-state index in [2.05, 4.69) is 25.8 Å². The Morgan fingerprint density at radius 1 is 1.15 bits per heavy atom. The zero-order chi connectivity index (χ0) is 17.8. The van der Waals surface area contributed by atoms with Crippen molar-refractivity contribution in [2.75, 3.05) is 5.32 Å². The van der Waals surface area contributed by atoms with Crippen LogP contribution in [-0.2, 0) is 6.42 Å². The lowest BCUT2D eigenvalue weighted by atomic mass is 10.1. The highest BCUT2D eigenvalue weighted by Crippen LogP contribution is 2.38. The van der Waals surface area contributed by atoms with Gasteiger partial charge in [-0.15, -0.1) is 5.10 Å². The molecule has 1 aromatic carbocycles. The van der Waals surface area contributed by atoms with Gasteiger partial charge >= 0.3 is 6.03 Å². The molecule has 2 heterocycles. The van der Waals surface area contributed by atoms with Gasteiger partial charge in [-0.3, -0.25) is 5.32 Å². The molecular weight excluding hydrogens is 330 g/mol. The smallest absolute Gasteiger partial charge is 0.321 e. The van der Waals surface area contributed by atoms with Gasteiger partial charge in [-0.05, 0) is 30.5 Å². The van der Waals surface area contributed by atoms with Gasteiger partial charge in [0.05, 0.1) is 11.9 Å². The van der Waals surface area contributed by atoms with Crippen LogP contribution >= 0.6 is 0 Å². The van der Waals surface area contributed by atoms with E-state index in [9.17, 15) is 4.79 Å². The molecule has 0 bridgehead atoms. The van der Waals surface area contributed by atoms with Crippen molar-refractivity contribution in [1.82, 2.24) is 20.5 Å². The zero-order valence-corrected chi connectivity index (χ0v) is 14.1. The molecule has 1 aliphatic rings. The van der Waals surface area contributed by atoms with Gasteiger partial charge in [0, 0.05) is 12.3 Å². The van der Waals surface area contributed by atoms with Crippen LogP contribution in [0.25, 0.3) is 0 Å². The van der Waals surface area contributed by atoms with Gasteiger partial charge in [-0.1, -0.05) is 30.3 Å². The van der Waals surface area contributed by atoms with Crippen molar-refractivity contribution >= 4 is 11.8 Å². The molecule has 1 fully saturated rings. The number of rotatable bonds is 6. The fraction of sp³-hybridized carbons (Fsp3) is 0.263. The molecule has 2 aromatic heterocycles. The Morgan fingerprint density at radius 3 is 2.65 bits per heavy atom. The summed E-state index contributed by atoms with van der Waals surface area (Å²) >= 11 is 0. The van der Waals surface area contributed by atoms with Crippen LogP contribution in [0.4, 0.5) is 10.6 Å². The Kier molecular flexibility index (Phi) is 4.59. The first-order chi connectivity index (χ1) is 12.8. The van der Waals surface area contributed by atoms with Crippen LogP contribution in [0.15, 0.2) is 59.3 Å². The SMILES string of the molecule is O=C(Nc1ccc(C2CC2)nn1)NC(Cc1ccccc1)c1ncco1. The van der Waals surface area contributed by atoms with Crippen molar-refractivity contribution in [3.8, 4) is 0 Å². The van der Waals surface area contributed by atoms with Gasteiger partial charge in [0.25, 0.3) is 0 Å². The summed E-state index contributed by atoms with van der Waals surface area (Å²) in [6.07, 6.45) is 5.96. The predicted octanol–water partition coefficient (Wildman–Crippen LogP) is 3.45. The third-order valence-corrected chi connectivity index (χ3v) is 4.26. The van der Waals surface area contributed by atoms with Crippen molar-refractivity contribution in [2.24, 2.45) is 0 Å². The molecule has 0 aliphatic heterocycles. The lowest BCUT2D eigenvalue weighted by Gasteiger charge is -2.16. The summed E-state index contributed by atoms with van der Waals surface area (Å²) in [5, 5.41) is 13.8. The van der Waals surface area contributed by atoms with E-state index in [0.717, 1.165) is 11.3 Å². The molecule has 0 radical (unpaired) electrons. The van der Waals surface area contributed by atoms with E-state index in [1.807, 2.05) is 36.4 Å². The quantitative estimate of drug-likeness (QED) is 0.711. The molecule has 2 amide bonds. The maximum atomic E-state index is 12.4. The lowest BCUT2D eigenvalue weighted by Crippen LogP contribution is -2.34. The molecule has 1 unspecified atom stereocenters. The minimum atomic E-state index is -0.383. The number of hydrogen-bond donors (Lipinski definition) is 2. The first-order valence-electron chi connectivity index (χ1n) is 8.62. The summed E-state index contributed by atoms with van der Waals surface area (Å²) in [5.74, 6) is 1.41. The number of carbonyl (C=O) groups is 1. The lowest BCUT2D eigenvalue weighted by molar-refractivity contribution is 0.245. The number of urea groups is 1. The Bertz CT molecular complexity index is 845. The topological polar surface area (TPSA) is 92.9 Å². The summed E-state index contributed by atoms with van der Waals surface area (Å²) in [4.78, 5) is 16.6. The highest BCUT2D eigenvalue weighted by atomic mass is 16.3. The minimum Gasteiger partial charge on any atom is -0.447 e. The van der Waals surface area contributed by atoms with Crippen LogP contribution in [0.2, 0.25) is 0 Å². The van der Waals surface area contributed by atoms with Crippen molar-refractivity contribution in [1.29, 1.82) is 0 Å². The average molecular weight is 349 g/mol. The maximum absolute atomic E-state index is 12.4. The Labute approximate surface area is 150 Å². The number of benzene rings is 1. The van der Waals surface area contributed by atoms with E-state index in [4.69, 9.17) is 4.42 Å². The first-order valence-corrected chi connectivity index (χ1v) is 8.62. The normalized spacial score (nSPS) is 14.6. The molecule has 3 aromatic rings. The second kappa shape index (κ2) is 7.35. The highest BCUT2D eigenvalue weighted by Gasteiger charge is 2.25. The molecule has 1 atom stereocenters. The molecule has 132 valence electrons. The number of aromatic nitrogens is 3.